The number of hydrogen-bond acceptors (Lipinski definition) is 7. The number of carbonyl (C=O) groups excluding carboxylic acids is 1. The first-order chi connectivity index (χ1) is 15.5. The zero-order chi connectivity index (χ0) is 24.6. The van der Waals surface area contributed by atoms with E-state index in [0.717, 1.165) is 11.1 Å². The van der Waals surface area contributed by atoms with E-state index in [1.807, 2.05) is 39.9 Å². The summed E-state index contributed by atoms with van der Waals surface area (Å²) in [4.78, 5) is 15.8. The molecule has 0 saturated carbocycles. The zero-order valence-electron chi connectivity index (χ0n) is 20.1. The zero-order valence-corrected chi connectivity index (χ0v) is 23.8. The molecule has 0 bridgehead atoms. The monoisotopic (exact) mass is 510 g/mol. The molecule has 0 aliphatic heterocycles. The van der Waals surface area contributed by atoms with Gasteiger partial charge in [0.15, 0.2) is 19.5 Å². The predicted octanol–water partition coefficient (Wildman–Crippen LogP) is 2.49. The standard InChI is InChI=1S/C22H34N2O6SSi2/c1-15-7-10-18(11-8-15)31(26,27)28-14-19(22(3,4)21(29-32-5)30-33-6)17-9-12-20(23-13-17)24-16(2)25/h7-13,19,21H,14,32-33H2,1-6H3,(H,23,24,25)/t19-/m1/s1. The maximum atomic E-state index is 12.9. The number of anilines is 1. The number of nitrogens with one attached hydrogen (secondary N) is 1. The quantitative estimate of drug-likeness (QED) is 0.266. The molecule has 11 heteroatoms. The molecule has 0 radical (unpaired) electrons. The lowest BCUT2D eigenvalue weighted by Crippen LogP contribution is -2.42. The third-order valence-electron chi connectivity index (χ3n) is 5.33. The Morgan fingerprint density at radius 3 is 2.18 bits per heavy atom. The number of benzene rings is 1. The summed E-state index contributed by atoms with van der Waals surface area (Å²) in [6, 6.07) is 10.0. The van der Waals surface area contributed by atoms with Crippen LogP contribution in [-0.2, 0) is 27.9 Å². The molecule has 0 saturated heterocycles. The highest BCUT2D eigenvalue weighted by Crippen LogP contribution is 2.41. The van der Waals surface area contributed by atoms with E-state index in [-0.39, 0.29) is 17.4 Å². The Bertz CT molecular complexity index is 1010. The van der Waals surface area contributed by atoms with Gasteiger partial charge in [-0.25, -0.2) is 4.98 Å². The molecule has 2 rings (SSSR count). The fourth-order valence-electron chi connectivity index (χ4n) is 3.48. The molecule has 1 heterocycles. The summed E-state index contributed by atoms with van der Waals surface area (Å²) in [7, 11) is -5.51. The van der Waals surface area contributed by atoms with Crippen molar-refractivity contribution in [3.8, 4) is 0 Å². The van der Waals surface area contributed by atoms with Crippen molar-refractivity contribution < 1.29 is 26.2 Å². The lowest BCUT2D eigenvalue weighted by atomic mass is 9.75. The molecule has 182 valence electrons. The van der Waals surface area contributed by atoms with E-state index < -0.39 is 47.3 Å². The second-order valence-corrected chi connectivity index (χ2v) is 11.8. The first kappa shape index (κ1) is 27.3. The van der Waals surface area contributed by atoms with Crippen LogP contribution in [0.4, 0.5) is 5.82 Å². The highest BCUT2D eigenvalue weighted by Gasteiger charge is 2.40. The number of hydrogen-bond donors (Lipinski definition) is 1. The van der Waals surface area contributed by atoms with E-state index in [1.54, 1.807) is 24.4 Å². The number of rotatable bonds is 12. The Morgan fingerprint density at radius 2 is 1.70 bits per heavy atom. The third kappa shape index (κ3) is 7.55. The minimum absolute atomic E-state index is 0.106. The van der Waals surface area contributed by atoms with Crippen molar-refractivity contribution in [1.82, 2.24) is 4.98 Å². The van der Waals surface area contributed by atoms with Gasteiger partial charge in [0, 0.05) is 24.5 Å². The van der Waals surface area contributed by atoms with E-state index in [4.69, 9.17) is 13.0 Å². The van der Waals surface area contributed by atoms with Crippen LogP contribution >= 0.6 is 0 Å². The number of aromatic nitrogens is 1. The van der Waals surface area contributed by atoms with E-state index >= 15 is 0 Å². The fraction of sp³-hybridized carbons (Fsp3) is 0.455. The minimum atomic E-state index is -3.96. The van der Waals surface area contributed by atoms with Crippen molar-refractivity contribution in [3.63, 3.8) is 0 Å². The van der Waals surface area contributed by atoms with Gasteiger partial charge < -0.3 is 14.2 Å². The summed E-state index contributed by atoms with van der Waals surface area (Å²) in [6.45, 7) is 11.2. The topological polar surface area (TPSA) is 104 Å². The lowest BCUT2D eigenvalue weighted by molar-refractivity contribution is -0.114. The number of aryl methyl sites for hydroxylation is 1. The van der Waals surface area contributed by atoms with Gasteiger partial charge in [-0.15, -0.1) is 0 Å². The summed E-state index contributed by atoms with van der Waals surface area (Å²) in [5, 5.41) is 2.64. The summed E-state index contributed by atoms with van der Waals surface area (Å²) >= 11 is 0. The Morgan fingerprint density at radius 1 is 1.09 bits per heavy atom. The van der Waals surface area contributed by atoms with Gasteiger partial charge in [-0.3, -0.25) is 8.98 Å². The van der Waals surface area contributed by atoms with Crippen LogP contribution < -0.4 is 5.32 Å². The van der Waals surface area contributed by atoms with Crippen LogP contribution in [0.25, 0.3) is 0 Å². The van der Waals surface area contributed by atoms with Gasteiger partial charge in [-0.1, -0.05) is 50.7 Å². The number of amides is 1. The van der Waals surface area contributed by atoms with Gasteiger partial charge in [0.1, 0.15) is 12.1 Å². The first-order valence-electron chi connectivity index (χ1n) is 10.9. The van der Waals surface area contributed by atoms with Crippen molar-refractivity contribution in [2.45, 2.75) is 57.9 Å². The highest BCUT2D eigenvalue weighted by molar-refractivity contribution is 7.86. The van der Waals surface area contributed by atoms with Gasteiger partial charge in [-0.2, -0.15) is 8.42 Å². The maximum Gasteiger partial charge on any atom is 0.296 e. The van der Waals surface area contributed by atoms with Crippen LogP contribution in [0.15, 0.2) is 47.5 Å². The summed E-state index contributed by atoms with van der Waals surface area (Å²) in [6.07, 6.45) is 1.15. The van der Waals surface area contributed by atoms with Crippen LogP contribution in [0.5, 0.6) is 0 Å². The van der Waals surface area contributed by atoms with Crippen molar-refractivity contribution in [3.05, 3.63) is 53.7 Å². The van der Waals surface area contributed by atoms with Crippen LogP contribution in [0, 0.1) is 12.3 Å². The van der Waals surface area contributed by atoms with E-state index in [0.29, 0.717) is 5.82 Å². The van der Waals surface area contributed by atoms with Crippen molar-refractivity contribution >= 4 is 41.4 Å². The largest absolute Gasteiger partial charge is 0.400 e. The third-order valence-corrected chi connectivity index (χ3v) is 7.90. The number of nitrogens with zero attached hydrogens (tertiary/aromatic N) is 1. The Labute approximate surface area is 201 Å². The fourth-order valence-corrected chi connectivity index (χ4v) is 6.25. The molecular weight excluding hydrogens is 476 g/mol. The molecule has 8 nitrogen and oxygen atoms in total. The smallest absolute Gasteiger partial charge is 0.296 e. The van der Waals surface area contributed by atoms with Gasteiger partial charge in [-0.05, 0) is 30.7 Å². The molecule has 0 spiro atoms. The summed E-state index contributed by atoms with van der Waals surface area (Å²) in [5.74, 6) is -0.202. The highest BCUT2D eigenvalue weighted by atomic mass is 32.2. The van der Waals surface area contributed by atoms with E-state index in [9.17, 15) is 13.2 Å². The average molecular weight is 511 g/mol. The Kier molecular flexibility index (Phi) is 9.94. The first-order valence-corrected chi connectivity index (χ1v) is 16.3. The molecule has 0 aliphatic carbocycles. The van der Waals surface area contributed by atoms with Crippen molar-refractivity contribution in [2.75, 3.05) is 11.9 Å². The van der Waals surface area contributed by atoms with Gasteiger partial charge in [0.25, 0.3) is 10.1 Å². The second kappa shape index (κ2) is 12.0. The number of carbonyl (C=O) groups is 1. The second-order valence-electron chi connectivity index (χ2n) is 8.33. The van der Waals surface area contributed by atoms with Gasteiger partial charge >= 0.3 is 0 Å². The van der Waals surface area contributed by atoms with Crippen LogP contribution in [0.3, 0.4) is 0 Å². The Balaban J connectivity index is 2.39. The molecule has 1 N–H and O–H groups in total. The average Bonchev–Trinajstić information content (AvgIpc) is 2.74. The molecule has 1 aromatic carbocycles. The van der Waals surface area contributed by atoms with Crippen molar-refractivity contribution in [2.24, 2.45) is 5.41 Å². The molecular formula is C22H34N2O6SSi2. The van der Waals surface area contributed by atoms with Gasteiger partial charge in [0.05, 0.1) is 11.5 Å². The molecule has 1 amide bonds. The SMILES string of the molecule is C[SiH2]OC(O[SiH2]C)C(C)(C)[C@H](COS(=O)(=O)c1ccc(C)cc1)c1ccc(NC(C)=O)nc1. The molecule has 1 aromatic heterocycles. The lowest BCUT2D eigenvalue weighted by Gasteiger charge is -2.40. The molecule has 0 fully saturated rings. The molecule has 0 aliphatic rings. The maximum absolute atomic E-state index is 12.9. The van der Waals surface area contributed by atoms with E-state index in [2.05, 4.69) is 10.3 Å². The molecule has 1 atom stereocenters. The molecule has 0 unspecified atom stereocenters. The van der Waals surface area contributed by atoms with Crippen LogP contribution in [0.1, 0.15) is 37.8 Å². The normalized spacial score (nSPS) is 14.7. The van der Waals surface area contributed by atoms with E-state index in [1.165, 1.54) is 19.1 Å². The molecule has 33 heavy (non-hydrogen) atoms. The Hall–Kier alpha value is -1.90. The molecule has 2 aromatic rings. The number of pyridine rings is 1. The predicted molar refractivity (Wildman–Crippen MR) is 134 cm³/mol. The summed E-state index contributed by atoms with van der Waals surface area (Å²) in [5.41, 5.74) is 1.12. The summed E-state index contributed by atoms with van der Waals surface area (Å²) < 4.78 is 43.3. The van der Waals surface area contributed by atoms with Crippen LogP contribution in [-0.4, -0.2) is 51.7 Å². The van der Waals surface area contributed by atoms with Crippen LogP contribution in [0.2, 0.25) is 13.1 Å². The van der Waals surface area contributed by atoms with Crippen molar-refractivity contribution in [1.29, 1.82) is 0 Å². The van der Waals surface area contributed by atoms with Gasteiger partial charge in [0.2, 0.25) is 5.91 Å². The minimum Gasteiger partial charge on any atom is -0.400 e.